The van der Waals surface area contributed by atoms with E-state index in [4.69, 9.17) is 0 Å². The topological polar surface area (TPSA) is 66.5 Å². The molecule has 0 radical (unpaired) electrons. The molecule has 0 saturated carbocycles. The first-order valence-corrected chi connectivity index (χ1v) is 10.8. The van der Waals surface area contributed by atoms with Crippen molar-refractivity contribution >= 4 is 27.3 Å². The molecule has 3 aromatic rings. The van der Waals surface area contributed by atoms with Crippen LogP contribution < -0.4 is 9.62 Å². The lowest BCUT2D eigenvalue weighted by Gasteiger charge is -2.23. The average molecular weight is 409 g/mol. The number of aryl methyl sites for hydroxylation is 2. The first kappa shape index (κ1) is 20.6. The van der Waals surface area contributed by atoms with Gasteiger partial charge in [-0.15, -0.1) is 0 Å². The van der Waals surface area contributed by atoms with Crippen molar-refractivity contribution < 1.29 is 13.2 Å². The minimum atomic E-state index is -3.72. The van der Waals surface area contributed by atoms with E-state index in [1.807, 2.05) is 38.1 Å². The Morgan fingerprint density at radius 2 is 1.59 bits per heavy atom. The van der Waals surface area contributed by atoms with Gasteiger partial charge in [0.1, 0.15) is 0 Å². The fourth-order valence-corrected chi connectivity index (χ4v) is 4.61. The van der Waals surface area contributed by atoms with Crippen LogP contribution in [0.5, 0.6) is 0 Å². The SMILES string of the molecule is CCN(c1ccccc1)S(=O)(=O)c1ccc(C(=O)Nc2ccc(C)cc2C)cc1. The van der Waals surface area contributed by atoms with E-state index in [-0.39, 0.29) is 10.8 Å². The van der Waals surface area contributed by atoms with Gasteiger partial charge < -0.3 is 5.32 Å². The predicted octanol–water partition coefficient (Wildman–Crippen LogP) is 4.77. The number of sulfonamides is 1. The number of hydrogen-bond acceptors (Lipinski definition) is 3. The molecule has 3 aromatic carbocycles. The Balaban J connectivity index is 1.82. The van der Waals surface area contributed by atoms with E-state index < -0.39 is 10.0 Å². The van der Waals surface area contributed by atoms with Crippen molar-refractivity contribution in [3.8, 4) is 0 Å². The van der Waals surface area contributed by atoms with E-state index in [9.17, 15) is 13.2 Å². The van der Waals surface area contributed by atoms with Gasteiger partial charge in [0.05, 0.1) is 10.6 Å². The van der Waals surface area contributed by atoms with E-state index in [1.54, 1.807) is 31.2 Å². The smallest absolute Gasteiger partial charge is 0.264 e. The lowest BCUT2D eigenvalue weighted by Crippen LogP contribution is -2.30. The molecule has 0 fully saturated rings. The number of carbonyl (C=O) groups is 1. The lowest BCUT2D eigenvalue weighted by atomic mass is 10.1. The van der Waals surface area contributed by atoms with Crippen molar-refractivity contribution in [3.05, 3.63) is 89.5 Å². The summed E-state index contributed by atoms with van der Waals surface area (Å²) in [6, 6.07) is 20.7. The highest BCUT2D eigenvalue weighted by Crippen LogP contribution is 2.24. The number of hydrogen-bond donors (Lipinski definition) is 1. The van der Waals surface area contributed by atoms with Gasteiger partial charge in [-0.25, -0.2) is 8.42 Å². The van der Waals surface area contributed by atoms with Crippen molar-refractivity contribution in [3.63, 3.8) is 0 Å². The number of amides is 1. The van der Waals surface area contributed by atoms with Gasteiger partial charge in [-0.3, -0.25) is 9.10 Å². The van der Waals surface area contributed by atoms with Crippen molar-refractivity contribution in [1.82, 2.24) is 0 Å². The molecule has 0 atom stereocenters. The van der Waals surface area contributed by atoms with Gasteiger partial charge in [0.25, 0.3) is 15.9 Å². The van der Waals surface area contributed by atoms with Crippen molar-refractivity contribution in [2.45, 2.75) is 25.7 Å². The molecule has 0 saturated heterocycles. The minimum Gasteiger partial charge on any atom is -0.322 e. The van der Waals surface area contributed by atoms with Gasteiger partial charge >= 0.3 is 0 Å². The Morgan fingerprint density at radius 3 is 2.17 bits per heavy atom. The number of benzene rings is 3. The zero-order valence-corrected chi connectivity index (χ0v) is 17.5. The maximum absolute atomic E-state index is 13.0. The van der Waals surface area contributed by atoms with Crippen LogP contribution in [-0.2, 0) is 10.0 Å². The molecule has 0 aliphatic carbocycles. The van der Waals surface area contributed by atoms with E-state index in [2.05, 4.69) is 5.32 Å². The normalized spacial score (nSPS) is 11.1. The maximum Gasteiger partial charge on any atom is 0.264 e. The molecule has 1 amide bonds. The lowest BCUT2D eigenvalue weighted by molar-refractivity contribution is 0.102. The van der Waals surface area contributed by atoms with Crippen LogP contribution in [0, 0.1) is 13.8 Å². The summed E-state index contributed by atoms with van der Waals surface area (Å²) in [4.78, 5) is 12.7. The third-order valence-corrected chi connectivity index (χ3v) is 6.58. The predicted molar refractivity (Wildman–Crippen MR) is 117 cm³/mol. The Hall–Kier alpha value is -3.12. The summed E-state index contributed by atoms with van der Waals surface area (Å²) in [5.41, 5.74) is 3.82. The maximum atomic E-state index is 13.0. The molecular weight excluding hydrogens is 384 g/mol. The van der Waals surface area contributed by atoms with Crippen LogP contribution >= 0.6 is 0 Å². The summed E-state index contributed by atoms with van der Waals surface area (Å²) in [5.74, 6) is -0.281. The van der Waals surface area contributed by atoms with Crippen molar-refractivity contribution in [1.29, 1.82) is 0 Å². The summed E-state index contributed by atoms with van der Waals surface area (Å²) in [6.45, 7) is 6.02. The number of para-hydroxylation sites is 1. The van der Waals surface area contributed by atoms with Gasteiger partial charge in [-0.2, -0.15) is 0 Å². The monoisotopic (exact) mass is 408 g/mol. The molecule has 1 N–H and O–H groups in total. The molecule has 0 bridgehead atoms. The zero-order chi connectivity index (χ0) is 21.0. The average Bonchev–Trinajstić information content (AvgIpc) is 2.71. The number of nitrogens with zero attached hydrogens (tertiary/aromatic N) is 1. The number of carbonyl (C=O) groups excluding carboxylic acids is 1. The second-order valence-electron chi connectivity index (χ2n) is 6.80. The quantitative estimate of drug-likeness (QED) is 0.639. The third kappa shape index (κ3) is 4.49. The molecule has 0 aromatic heterocycles. The molecule has 0 heterocycles. The highest BCUT2D eigenvalue weighted by molar-refractivity contribution is 7.92. The molecule has 5 nitrogen and oxygen atoms in total. The first-order chi connectivity index (χ1) is 13.8. The molecule has 0 unspecified atom stereocenters. The number of rotatable bonds is 6. The van der Waals surface area contributed by atoms with Gasteiger partial charge in [-0.05, 0) is 68.8 Å². The van der Waals surface area contributed by atoms with Crippen LogP contribution in [0.1, 0.15) is 28.4 Å². The van der Waals surface area contributed by atoms with Crippen LogP contribution in [-0.4, -0.2) is 20.9 Å². The summed E-state index contributed by atoms with van der Waals surface area (Å²) < 4.78 is 27.4. The second-order valence-corrected chi connectivity index (χ2v) is 8.66. The van der Waals surface area contributed by atoms with Gasteiger partial charge in [-0.1, -0.05) is 35.9 Å². The Bertz CT molecular complexity index is 1110. The van der Waals surface area contributed by atoms with Crippen LogP contribution in [0.4, 0.5) is 11.4 Å². The van der Waals surface area contributed by atoms with E-state index in [0.717, 1.165) is 16.8 Å². The van der Waals surface area contributed by atoms with E-state index in [1.165, 1.54) is 28.6 Å². The van der Waals surface area contributed by atoms with Crippen LogP contribution in [0.3, 0.4) is 0 Å². The number of nitrogens with one attached hydrogen (secondary N) is 1. The van der Waals surface area contributed by atoms with Gasteiger partial charge in [0.2, 0.25) is 0 Å². The largest absolute Gasteiger partial charge is 0.322 e. The third-order valence-electron chi connectivity index (χ3n) is 4.67. The summed E-state index contributed by atoms with van der Waals surface area (Å²) in [7, 11) is -3.72. The standard InChI is InChI=1S/C23H24N2O3S/c1-4-25(20-8-6-5-7-9-20)29(27,28)21-13-11-19(12-14-21)23(26)24-22-15-10-17(2)16-18(22)3/h5-16H,4H2,1-3H3,(H,24,26). The van der Waals surface area contributed by atoms with E-state index >= 15 is 0 Å². The molecule has 0 spiro atoms. The Kier molecular flexibility index (Phi) is 6.03. The second kappa shape index (κ2) is 8.49. The Labute approximate surface area is 172 Å². The fourth-order valence-electron chi connectivity index (χ4n) is 3.14. The molecular formula is C23H24N2O3S. The van der Waals surface area contributed by atoms with Crippen LogP contribution in [0.2, 0.25) is 0 Å². The highest BCUT2D eigenvalue weighted by atomic mass is 32.2. The van der Waals surface area contributed by atoms with Crippen LogP contribution in [0.15, 0.2) is 77.7 Å². The summed E-state index contributed by atoms with van der Waals surface area (Å²) in [6.07, 6.45) is 0. The molecule has 29 heavy (non-hydrogen) atoms. The van der Waals surface area contributed by atoms with Gasteiger partial charge in [0, 0.05) is 17.8 Å². The van der Waals surface area contributed by atoms with Crippen molar-refractivity contribution in [2.75, 3.05) is 16.2 Å². The summed E-state index contributed by atoms with van der Waals surface area (Å²) in [5, 5.41) is 2.87. The molecule has 0 aliphatic heterocycles. The zero-order valence-electron chi connectivity index (χ0n) is 16.7. The minimum absolute atomic E-state index is 0.145. The summed E-state index contributed by atoms with van der Waals surface area (Å²) >= 11 is 0. The van der Waals surface area contributed by atoms with Gasteiger partial charge in [0.15, 0.2) is 0 Å². The van der Waals surface area contributed by atoms with Crippen LogP contribution in [0.25, 0.3) is 0 Å². The molecule has 3 rings (SSSR count). The highest BCUT2D eigenvalue weighted by Gasteiger charge is 2.23. The molecule has 0 aliphatic rings. The Morgan fingerprint density at radius 1 is 0.931 bits per heavy atom. The van der Waals surface area contributed by atoms with Crippen molar-refractivity contribution in [2.24, 2.45) is 0 Å². The fraction of sp³-hybridized carbons (Fsp3) is 0.174. The first-order valence-electron chi connectivity index (χ1n) is 9.39. The molecule has 6 heteroatoms. The molecule has 150 valence electrons. The number of anilines is 2. The van der Waals surface area contributed by atoms with E-state index in [0.29, 0.717) is 17.8 Å².